The fourth-order valence-corrected chi connectivity index (χ4v) is 1.00. The molecule has 0 bridgehead atoms. The standard InChI is InChI=1S/C8H4F2N2/c9-5-3-6(10)8-7(4-5)11-1-2-12-8/h1-4H. The third-order valence-corrected chi connectivity index (χ3v) is 1.49. The second-order valence-electron chi connectivity index (χ2n) is 2.31. The number of hydrogen-bond acceptors (Lipinski definition) is 2. The summed E-state index contributed by atoms with van der Waals surface area (Å²) in [5.41, 5.74) is 0.328. The third kappa shape index (κ3) is 1.01. The topological polar surface area (TPSA) is 25.8 Å². The van der Waals surface area contributed by atoms with Gasteiger partial charge < -0.3 is 0 Å². The summed E-state index contributed by atoms with van der Waals surface area (Å²) < 4.78 is 25.5. The molecule has 0 aliphatic rings. The number of benzene rings is 1. The molecule has 1 heterocycles. The number of nitrogens with zero attached hydrogens (tertiary/aromatic N) is 2. The van der Waals surface area contributed by atoms with Crippen LogP contribution in [0.15, 0.2) is 24.5 Å². The molecule has 0 aliphatic carbocycles. The van der Waals surface area contributed by atoms with E-state index in [1.54, 1.807) is 0 Å². The molecule has 2 rings (SSSR count). The number of rotatable bonds is 0. The van der Waals surface area contributed by atoms with E-state index in [2.05, 4.69) is 9.97 Å². The molecule has 60 valence electrons. The molecular weight excluding hydrogens is 162 g/mol. The maximum atomic E-state index is 12.9. The Labute approximate surface area is 66.9 Å². The van der Waals surface area contributed by atoms with Crippen LogP contribution in [0.25, 0.3) is 11.0 Å². The van der Waals surface area contributed by atoms with E-state index < -0.39 is 11.6 Å². The molecular formula is C8H4F2N2. The Morgan fingerprint density at radius 1 is 1.00 bits per heavy atom. The van der Waals surface area contributed by atoms with E-state index in [1.807, 2.05) is 0 Å². The van der Waals surface area contributed by atoms with Crippen molar-refractivity contribution in [1.82, 2.24) is 9.97 Å². The van der Waals surface area contributed by atoms with Gasteiger partial charge in [0.05, 0.1) is 5.52 Å². The van der Waals surface area contributed by atoms with Crippen LogP contribution in [0.3, 0.4) is 0 Å². The van der Waals surface area contributed by atoms with Crippen LogP contribution in [0.2, 0.25) is 0 Å². The lowest BCUT2D eigenvalue weighted by atomic mass is 10.3. The molecule has 0 amide bonds. The Hall–Kier alpha value is -1.58. The first-order valence-electron chi connectivity index (χ1n) is 3.33. The molecule has 0 unspecified atom stereocenters. The minimum Gasteiger partial charge on any atom is -0.253 e. The van der Waals surface area contributed by atoms with Crippen LogP contribution >= 0.6 is 0 Å². The zero-order valence-corrected chi connectivity index (χ0v) is 5.96. The molecule has 0 aliphatic heterocycles. The summed E-state index contributed by atoms with van der Waals surface area (Å²) >= 11 is 0. The van der Waals surface area contributed by atoms with Gasteiger partial charge in [-0.3, -0.25) is 4.98 Å². The Morgan fingerprint density at radius 3 is 2.58 bits per heavy atom. The second kappa shape index (κ2) is 2.48. The monoisotopic (exact) mass is 166 g/mol. The molecule has 0 radical (unpaired) electrons. The van der Waals surface area contributed by atoms with Crippen molar-refractivity contribution in [2.75, 3.05) is 0 Å². The molecule has 1 aromatic heterocycles. The van der Waals surface area contributed by atoms with Crippen molar-refractivity contribution in [2.45, 2.75) is 0 Å². The van der Waals surface area contributed by atoms with Crippen LogP contribution in [0.5, 0.6) is 0 Å². The van der Waals surface area contributed by atoms with Gasteiger partial charge in [-0.2, -0.15) is 0 Å². The lowest BCUT2D eigenvalue weighted by molar-refractivity contribution is 0.590. The van der Waals surface area contributed by atoms with Gasteiger partial charge in [0.15, 0.2) is 5.82 Å². The lowest BCUT2D eigenvalue weighted by Crippen LogP contribution is -1.88. The van der Waals surface area contributed by atoms with Gasteiger partial charge in [0.25, 0.3) is 0 Å². The van der Waals surface area contributed by atoms with Crippen molar-refractivity contribution < 1.29 is 8.78 Å². The lowest BCUT2D eigenvalue weighted by Gasteiger charge is -1.96. The maximum absolute atomic E-state index is 12.9. The fraction of sp³-hybridized carbons (Fsp3) is 0. The summed E-state index contributed by atoms with van der Waals surface area (Å²) in [6.07, 6.45) is 2.75. The number of hydrogen-bond donors (Lipinski definition) is 0. The van der Waals surface area contributed by atoms with E-state index >= 15 is 0 Å². The van der Waals surface area contributed by atoms with Gasteiger partial charge in [-0.25, -0.2) is 13.8 Å². The smallest absolute Gasteiger partial charge is 0.153 e. The Morgan fingerprint density at radius 2 is 1.75 bits per heavy atom. The minimum absolute atomic E-state index is 0.0962. The van der Waals surface area contributed by atoms with Crippen LogP contribution < -0.4 is 0 Å². The van der Waals surface area contributed by atoms with Crippen LogP contribution in [0.1, 0.15) is 0 Å². The van der Waals surface area contributed by atoms with E-state index in [9.17, 15) is 8.78 Å². The third-order valence-electron chi connectivity index (χ3n) is 1.49. The molecule has 0 saturated carbocycles. The highest BCUT2D eigenvalue weighted by Gasteiger charge is 2.04. The first kappa shape index (κ1) is 7.09. The Balaban J connectivity index is 2.89. The van der Waals surface area contributed by atoms with Gasteiger partial charge >= 0.3 is 0 Å². The van der Waals surface area contributed by atoms with E-state index in [1.165, 1.54) is 12.4 Å². The summed E-state index contributed by atoms with van der Waals surface area (Å²) in [6.45, 7) is 0. The second-order valence-corrected chi connectivity index (χ2v) is 2.31. The SMILES string of the molecule is Fc1cc(F)c2nccnc2c1. The highest BCUT2D eigenvalue weighted by molar-refractivity contribution is 5.74. The molecule has 0 saturated heterocycles. The zero-order valence-electron chi connectivity index (χ0n) is 5.96. The predicted octanol–water partition coefficient (Wildman–Crippen LogP) is 1.91. The van der Waals surface area contributed by atoms with Gasteiger partial charge in [-0.05, 0) is 0 Å². The number of halogens is 2. The van der Waals surface area contributed by atoms with Gasteiger partial charge in [0.2, 0.25) is 0 Å². The fourth-order valence-electron chi connectivity index (χ4n) is 1.00. The minimum atomic E-state index is -0.682. The average molecular weight is 166 g/mol. The van der Waals surface area contributed by atoms with Gasteiger partial charge in [0, 0.05) is 24.5 Å². The summed E-state index contributed by atoms with van der Waals surface area (Å²) in [6, 6.07) is 1.93. The maximum Gasteiger partial charge on any atom is 0.153 e. The highest BCUT2D eigenvalue weighted by atomic mass is 19.1. The van der Waals surface area contributed by atoms with Gasteiger partial charge in [-0.15, -0.1) is 0 Å². The van der Waals surface area contributed by atoms with Crippen molar-refractivity contribution in [1.29, 1.82) is 0 Å². The molecule has 0 atom stereocenters. The molecule has 0 spiro atoms. The van der Waals surface area contributed by atoms with Crippen LogP contribution in [-0.4, -0.2) is 9.97 Å². The van der Waals surface area contributed by atoms with Crippen LogP contribution in [0, 0.1) is 11.6 Å². The molecule has 12 heavy (non-hydrogen) atoms. The Bertz CT molecular complexity index is 428. The van der Waals surface area contributed by atoms with Gasteiger partial charge in [-0.1, -0.05) is 0 Å². The van der Waals surface area contributed by atoms with E-state index in [-0.39, 0.29) is 11.0 Å². The molecule has 1 aromatic carbocycles. The van der Waals surface area contributed by atoms with Crippen molar-refractivity contribution in [3.63, 3.8) is 0 Å². The molecule has 0 N–H and O–H groups in total. The largest absolute Gasteiger partial charge is 0.253 e. The van der Waals surface area contributed by atoms with Crippen molar-refractivity contribution >= 4 is 11.0 Å². The van der Waals surface area contributed by atoms with Crippen molar-refractivity contribution in [3.05, 3.63) is 36.2 Å². The summed E-state index contributed by atoms with van der Waals surface area (Å²) in [5, 5.41) is 0. The summed E-state index contributed by atoms with van der Waals surface area (Å²) in [7, 11) is 0. The molecule has 2 aromatic rings. The predicted molar refractivity (Wildman–Crippen MR) is 39.5 cm³/mol. The normalized spacial score (nSPS) is 10.5. The van der Waals surface area contributed by atoms with Crippen molar-refractivity contribution in [2.24, 2.45) is 0 Å². The first-order chi connectivity index (χ1) is 5.77. The quantitative estimate of drug-likeness (QED) is 0.597. The van der Waals surface area contributed by atoms with E-state index in [0.29, 0.717) is 0 Å². The molecule has 4 heteroatoms. The zero-order chi connectivity index (χ0) is 8.55. The van der Waals surface area contributed by atoms with E-state index in [4.69, 9.17) is 0 Å². The summed E-state index contributed by atoms with van der Waals surface area (Å²) in [4.78, 5) is 7.48. The summed E-state index contributed by atoms with van der Waals surface area (Å²) in [5.74, 6) is -1.32. The molecule has 2 nitrogen and oxygen atoms in total. The number of fused-ring (bicyclic) bond motifs is 1. The van der Waals surface area contributed by atoms with Crippen LogP contribution in [0.4, 0.5) is 8.78 Å². The van der Waals surface area contributed by atoms with Crippen molar-refractivity contribution in [3.8, 4) is 0 Å². The average Bonchev–Trinajstić information content (AvgIpc) is 2.04. The number of aromatic nitrogens is 2. The van der Waals surface area contributed by atoms with Gasteiger partial charge in [0.1, 0.15) is 11.3 Å². The highest BCUT2D eigenvalue weighted by Crippen LogP contribution is 2.13. The first-order valence-corrected chi connectivity index (χ1v) is 3.33. The molecule has 0 fully saturated rings. The van der Waals surface area contributed by atoms with E-state index in [0.717, 1.165) is 12.1 Å². The Kier molecular flexibility index (Phi) is 1.46. The van der Waals surface area contributed by atoms with Crippen LogP contribution in [-0.2, 0) is 0 Å².